The van der Waals surface area contributed by atoms with Gasteiger partial charge in [-0.1, -0.05) is 23.7 Å². The summed E-state index contributed by atoms with van der Waals surface area (Å²) in [6.45, 7) is 0. The van der Waals surface area contributed by atoms with Gasteiger partial charge in [-0.3, -0.25) is 0 Å². The molecule has 4 nitrogen and oxygen atoms in total. The third-order valence-electron chi connectivity index (χ3n) is 3.92. The normalized spacial score (nSPS) is 14.4. The number of nitrogens with zero attached hydrogens (tertiary/aromatic N) is 2. The van der Waals surface area contributed by atoms with Crippen LogP contribution in [0.25, 0.3) is 11.4 Å². The molecule has 0 radical (unpaired) electrons. The third-order valence-corrected chi connectivity index (χ3v) is 6.38. The molecule has 1 heterocycles. The lowest BCUT2D eigenvalue weighted by atomic mass is 9.97. The molecule has 0 N–H and O–H groups in total. The van der Waals surface area contributed by atoms with E-state index in [1.165, 1.54) is 23.6 Å². The van der Waals surface area contributed by atoms with Gasteiger partial charge in [0.25, 0.3) is 0 Å². The molecule has 0 aliphatic heterocycles. The molecule has 0 atom stereocenters. The summed E-state index contributed by atoms with van der Waals surface area (Å²) in [6, 6.07) is 7.51. The van der Waals surface area contributed by atoms with E-state index < -0.39 is 9.84 Å². The average molecular weight is 383 g/mol. The Morgan fingerprint density at radius 2 is 2.00 bits per heavy atom. The quantitative estimate of drug-likeness (QED) is 0.581. The van der Waals surface area contributed by atoms with Gasteiger partial charge in [-0.2, -0.15) is 0 Å². The van der Waals surface area contributed by atoms with Crippen molar-refractivity contribution in [2.75, 3.05) is 17.8 Å². The molecule has 128 valence electrons. The molecule has 0 amide bonds. The summed E-state index contributed by atoms with van der Waals surface area (Å²) in [4.78, 5) is 9.46. The third kappa shape index (κ3) is 4.49. The first-order valence-electron chi connectivity index (χ1n) is 7.88. The highest BCUT2D eigenvalue weighted by Gasteiger charge is 2.19. The maximum absolute atomic E-state index is 11.4. The lowest BCUT2D eigenvalue weighted by Crippen LogP contribution is -2.11. The number of sulfone groups is 1. The standard InChI is InChI=1S/C17H19ClN2O2S2/c1-24(21,22)10-9-23-17-14-7-2-3-8-15(14)19-16(20-17)12-5-4-6-13(18)11-12/h4-6,11H,2-3,7-10H2,1H3. The topological polar surface area (TPSA) is 59.9 Å². The molecular formula is C17H19ClN2O2S2. The molecule has 3 rings (SSSR count). The van der Waals surface area contributed by atoms with Crippen molar-refractivity contribution in [3.63, 3.8) is 0 Å². The predicted molar refractivity (Wildman–Crippen MR) is 99.6 cm³/mol. The van der Waals surface area contributed by atoms with Gasteiger partial charge >= 0.3 is 0 Å². The molecule has 1 aromatic heterocycles. The number of aryl methyl sites for hydroxylation is 1. The van der Waals surface area contributed by atoms with Crippen molar-refractivity contribution < 1.29 is 8.42 Å². The Kier molecular flexibility index (Phi) is 5.47. The summed E-state index contributed by atoms with van der Waals surface area (Å²) >= 11 is 7.60. The van der Waals surface area contributed by atoms with Crippen molar-refractivity contribution in [3.05, 3.63) is 40.5 Å². The molecule has 0 spiro atoms. The zero-order valence-corrected chi connectivity index (χ0v) is 15.8. The van der Waals surface area contributed by atoms with Gasteiger partial charge < -0.3 is 0 Å². The number of benzene rings is 1. The van der Waals surface area contributed by atoms with E-state index in [2.05, 4.69) is 0 Å². The van der Waals surface area contributed by atoms with Crippen LogP contribution in [0.15, 0.2) is 29.3 Å². The largest absolute Gasteiger partial charge is 0.233 e. The fraction of sp³-hybridized carbons (Fsp3) is 0.412. The first-order chi connectivity index (χ1) is 11.4. The van der Waals surface area contributed by atoms with E-state index in [1.807, 2.05) is 24.3 Å². The fourth-order valence-electron chi connectivity index (χ4n) is 2.73. The van der Waals surface area contributed by atoms with Crippen LogP contribution < -0.4 is 0 Å². The summed E-state index contributed by atoms with van der Waals surface area (Å²) in [5, 5.41) is 1.57. The second-order valence-electron chi connectivity index (χ2n) is 5.97. The van der Waals surface area contributed by atoms with Gasteiger partial charge in [-0.25, -0.2) is 18.4 Å². The van der Waals surface area contributed by atoms with E-state index in [1.54, 1.807) is 0 Å². The zero-order chi connectivity index (χ0) is 17.2. The van der Waals surface area contributed by atoms with Crippen molar-refractivity contribution in [1.82, 2.24) is 9.97 Å². The highest BCUT2D eigenvalue weighted by Crippen LogP contribution is 2.31. The van der Waals surface area contributed by atoms with E-state index in [-0.39, 0.29) is 5.75 Å². The van der Waals surface area contributed by atoms with Crippen LogP contribution in [0.4, 0.5) is 0 Å². The highest BCUT2D eigenvalue weighted by molar-refractivity contribution is 8.00. The lowest BCUT2D eigenvalue weighted by Gasteiger charge is -2.19. The van der Waals surface area contributed by atoms with Gasteiger partial charge in [-0.15, -0.1) is 11.8 Å². The molecule has 0 bridgehead atoms. The molecule has 1 aliphatic rings. The first-order valence-corrected chi connectivity index (χ1v) is 11.3. The molecule has 1 aliphatic carbocycles. The molecule has 0 unspecified atom stereocenters. The molecular weight excluding hydrogens is 364 g/mol. The van der Waals surface area contributed by atoms with Crippen molar-refractivity contribution >= 4 is 33.2 Å². The molecule has 0 fully saturated rings. The van der Waals surface area contributed by atoms with E-state index in [0.29, 0.717) is 16.6 Å². The number of hydrogen-bond acceptors (Lipinski definition) is 5. The van der Waals surface area contributed by atoms with Crippen LogP contribution in [0.3, 0.4) is 0 Å². The number of fused-ring (bicyclic) bond motifs is 1. The van der Waals surface area contributed by atoms with Gasteiger partial charge in [0.05, 0.1) is 5.75 Å². The molecule has 24 heavy (non-hydrogen) atoms. The van der Waals surface area contributed by atoms with E-state index in [0.717, 1.165) is 42.0 Å². The Morgan fingerprint density at radius 3 is 2.75 bits per heavy atom. The first kappa shape index (κ1) is 17.7. The summed E-state index contributed by atoms with van der Waals surface area (Å²) in [7, 11) is -2.97. The van der Waals surface area contributed by atoms with Crippen LogP contribution >= 0.6 is 23.4 Å². The van der Waals surface area contributed by atoms with Crippen LogP contribution in [-0.4, -0.2) is 36.1 Å². The van der Waals surface area contributed by atoms with Crippen LogP contribution in [0.5, 0.6) is 0 Å². The summed E-state index contributed by atoms with van der Waals surface area (Å²) in [5.41, 5.74) is 3.17. The number of aromatic nitrogens is 2. The van der Waals surface area contributed by atoms with Crippen molar-refractivity contribution in [2.24, 2.45) is 0 Å². The van der Waals surface area contributed by atoms with Gasteiger partial charge in [0.2, 0.25) is 0 Å². The second-order valence-corrected chi connectivity index (χ2v) is 9.75. The van der Waals surface area contributed by atoms with Gasteiger partial charge in [-0.05, 0) is 37.8 Å². The summed E-state index contributed by atoms with van der Waals surface area (Å²) < 4.78 is 22.8. The van der Waals surface area contributed by atoms with Gasteiger partial charge in [0.15, 0.2) is 5.82 Å². The van der Waals surface area contributed by atoms with Crippen molar-refractivity contribution in [2.45, 2.75) is 30.7 Å². The Hall–Kier alpha value is -1.11. The number of rotatable bonds is 5. The number of hydrogen-bond donors (Lipinski definition) is 0. The van der Waals surface area contributed by atoms with Crippen LogP contribution in [0.2, 0.25) is 5.02 Å². The monoisotopic (exact) mass is 382 g/mol. The highest BCUT2D eigenvalue weighted by atomic mass is 35.5. The van der Waals surface area contributed by atoms with Crippen LogP contribution in [-0.2, 0) is 22.7 Å². The van der Waals surface area contributed by atoms with Crippen molar-refractivity contribution in [3.8, 4) is 11.4 Å². The van der Waals surface area contributed by atoms with Crippen molar-refractivity contribution in [1.29, 1.82) is 0 Å². The van der Waals surface area contributed by atoms with Gasteiger partial charge in [0.1, 0.15) is 14.9 Å². The lowest BCUT2D eigenvalue weighted by molar-refractivity contribution is 0.603. The Labute approximate surface area is 152 Å². The van der Waals surface area contributed by atoms with Crippen LogP contribution in [0.1, 0.15) is 24.1 Å². The van der Waals surface area contributed by atoms with Gasteiger partial charge in [0, 0.05) is 33.9 Å². The summed E-state index contributed by atoms with van der Waals surface area (Å²) in [6.07, 6.45) is 5.44. The molecule has 0 saturated carbocycles. The smallest absolute Gasteiger partial charge is 0.160 e. The molecule has 2 aromatic rings. The number of halogens is 1. The predicted octanol–water partition coefficient (Wildman–Crippen LogP) is 3.81. The minimum absolute atomic E-state index is 0.156. The van der Waals surface area contributed by atoms with E-state index in [4.69, 9.17) is 21.6 Å². The molecule has 7 heteroatoms. The van der Waals surface area contributed by atoms with E-state index >= 15 is 0 Å². The SMILES string of the molecule is CS(=O)(=O)CCSc1nc(-c2cccc(Cl)c2)nc2c1CCCC2. The van der Waals surface area contributed by atoms with E-state index in [9.17, 15) is 8.42 Å². The maximum Gasteiger partial charge on any atom is 0.160 e. The van der Waals surface area contributed by atoms with Crippen LogP contribution in [0, 0.1) is 0 Å². The molecule has 0 saturated heterocycles. The minimum Gasteiger partial charge on any atom is -0.233 e. The summed E-state index contributed by atoms with van der Waals surface area (Å²) in [5.74, 6) is 1.33. The second kappa shape index (κ2) is 7.42. The Bertz CT molecular complexity index is 854. The zero-order valence-electron chi connectivity index (χ0n) is 13.5. The maximum atomic E-state index is 11.4. The Balaban J connectivity index is 1.95. The Morgan fingerprint density at radius 1 is 1.21 bits per heavy atom. The average Bonchev–Trinajstić information content (AvgIpc) is 2.53. The fourth-order valence-corrected chi connectivity index (χ4v) is 5.20. The number of thioether (sulfide) groups is 1. The minimum atomic E-state index is -2.97. The molecule has 1 aromatic carbocycles.